The van der Waals surface area contributed by atoms with Gasteiger partial charge >= 0.3 is 5.97 Å². The van der Waals surface area contributed by atoms with Gasteiger partial charge in [0.15, 0.2) is 6.10 Å². The minimum Gasteiger partial charge on any atom is -0.467 e. The Balaban J connectivity index is 2.26. The van der Waals surface area contributed by atoms with E-state index < -0.39 is 12.1 Å². The molecule has 1 aliphatic heterocycles. The number of methoxy groups -OCH3 is 1. The Morgan fingerprint density at radius 2 is 2.38 bits per heavy atom. The van der Waals surface area contributed by atoms with Crippen molar-refractivity contribution in [2.75, 3.05) is 26.7 Å². The van der Waals surface area contributed by atoms with Crippen LogP contribution in [0.4, 0.5) is 0 Å². The van der Waals surface area contributed by atoms with Crippen LogP contribution in [0, 0.1) is 5.92 Å². The van der Waals surface area contributed by atoms with Gasteiger partial charge in [-0.1, -0.05) is 0 Å². The van der Waals surface area contributed by atoms with Gasteiger partial charge in [-0.05, 0) is 19.4 Å². The highest BCUT2D eigenvalue weighted by Gasteiger charge is 2.22. The van der Waals surface area contributed by atoms with E-state index in [9.17, 15) is 14.7 Å². The number of hydrogen-bond donors (Lipinski definition) is 3. The van der Waals surface area contributed by atoms with E-state index in [-0.39, 0.29) is 18.4 Å². The Kier molecular flexibility index (Phi) is 5.21. The molecule has 16 heavy (non-hydrogen) atoms. The second kappa shape index (κ2) is 6.44. The number of carbonyl (C=O) groups is 2. The van der Waals surface area contributed by atoms with Gasteiger partial charge < -0.3 is 20.5 Å². The molecule has 0 aliphatic carbocycles. The van der Waals surface area contributed by atoms with E-state index in [0.29, 0.717) is 6.54 Å². The van der Waals surface area contributed by atoms with Crippen LogP contribution in [0.5, 0.6) is 0 Å². The summed E-state index contributed by atoms with van der Waals surface area (Å²) in [6.45, 7) is 1.50. The molecular formula is C10H18N2O4. The predicted octanol–water partition coefficient (Wildman–Crippen LogP) is -1.36. The fraction of sp³-hybridized carbons (Fsp3) is 0.800. The molecule has 0 spiro atoms. The van der Waals surface area contributed by atoms with Crippen molar-refractivity contribution in [2.24, 2.45) is 5.92 Å². The molecule has 0 bridgehead atoms. The average Bonchev–Trinajstić information content (AvgIpc) is 2.35. The van der Waals surface area contributed by atoms with Gasteiger partial charge in [0.25, 0.3) is 0 Å². The van der Waals surface area contributed by atoms with Crippen molar-refractivity contribution in [1.29, 1.82) is 0 Å². The Morgan fingerprint density at radius 1 is 1.62 bits per heavy atom. The number of ether oxygens (including phenoxy) is 1. The van der Waals surface area contributed by atoms with Crippen LogP contribution < -0.4 is 10.6 Å². The summed E-state index contributed by atoms with van der Waals surface area (Å²) >= 11 is 0. The van der Waals surface area contributed by atoms with Crippen LogP contribution in [-0.4, -0.2) is 49.8 Å². The maximum atomic E-state index is 11.6. The number of aliphatic hydroxyl groups excluding tert-OH is 1. The Labute approximate surface area is 94.3 Å². The van der Waals surface area contributed by atoms with Crippen LogP contribution >= 0.6 is 0 Å². The minimum absolute atomic E-state index is 0.0707. The molecule has 1 saturated heterocycles. The van der Waals surface area contributed by atoms with E-state index in [2.05, 4.69) is 15.4 Å². The van der Waals surface area contributed by atoms with Gasteiger partial charge in [0, 0.05) is 6.54 Å². The maximum Gasteiger partial charge on any atom is 0.336 e. The normalized spacial score (nSPS) is 22.2. The van der Waals surface area contributed by atoms with Crippen molar-refractivity contribution in [3.8, 4) is 0 Å². The number of amides is 1. The zero-order valence-electron chi connectivity index (χ0n) is 9.36. The highest BCUT2D eigenvalue weighted by atomic mass is 16.5. The van der Waals surface area contributed by atoms with Gasteiger partial charge in [-0.2, -0.15) is 0 Å². The van der Waals surface area contributed by atoms with Crippen LogP contribution in [0.2, 0.25) is 0 Å². The molecule has 6 nitrogen and oxygen atoms in total. The molecule has 0 aromatic rings. The summed E-state index contributed by atoms with van der Waals surface area (Å²) in [5.74, 6) is -0.934. The van der Waals surface area contributed by atoms with Crippen LogP contribution in [-0.2, 0) is 14.3 Å². The molecule has 1 fully saturated rings. The van der Waals surface area contributed by atoms with E-state index in [1.165, 1.54) is 7.11 Å². The number of nitrogens with one attached hydrogen (secondary N) is 2. The lowest BCUT2D eigenvalue weighted by atomic mass is 9.99. The van der Waals surface area contributed by atoms with Crippen LogP contribution in [0.25, 0.3) is 0 Å². The fourth-order valence-electron chi connectivity index (χ4n) is 1.64. The summed E-state index contributed by atoms with van der Waals surface area (Å²) in [5, 5.41) is 14.9. The highest BCUT2D eigenvalue weighted by Crippen LogP contribution is 2.09. The monoisotopic (exact) mass is 230 g/mol. The van der Waals surface area contributed by atoms with Gasteiger partial charge in [0.2, 0.25) is 5.91 Å². The van der Waals surface area contributed by atoms with E-state index in [4.69, 9.17) is 0 Å². The van der Waals surface area contributed by atoms with Crippen LogP contribution in [0.3, 0.4) is 0 Å². The van der Waals surface area contributed by atoms with Gasteiger partial charge in [0.05, 0.1) is 19.6 Å². The van der Waals surface area contributed by atoms with Crippen molar-refractivity contribution in [3.05, 3.63) is 0 Å². The van der Waals surface area contributed by atoms with Gasteiger partial charge in [0.1, 0.15) is 0 Å². The standard InChI is InChI=1S/C10H18N2O4/c1-16-10(15)8(13)6-12-9(14)7-3-2-4-11-5-7/h7-8,11,13H,2-6H2,1H3,(H,12,14)/t7-,8?/m1/s1. The smallest absolute Gasteiger partial charge is 0.336 e. The third-order valence-electron chi connectivity index (χ3n) is 2.61. The third-order valence-corrected chi connectivity index (χ3v) is 2.61. The lowest BCUT2D eigenvalue weighted by Crippen LogP contribution is -2.44. The van der Waals surface area contributed by atoms with E-state index in [1.807, 2.05) is 0 Å². The van der Waals surface area contributed by atoms with E-state index in [0.717, 1.165) is 19.4 Å². The molecule has 1 aliphatic rings. The lowest BCUT2D eigenvalue weighted by Gasteiger charge is -2.22. The molecule has 1 unspecified atom stereocenters. The van der Waals surface area contributed by atoms with Gasteiger partial charge in [-0.3, -0.25) is 4.79 Å². The fourth-order valence-corrected chi connectivity index (χ4v) is 1.64. The second-order valence-electron chi connectivity index (χ2n) is 3.83. The molecule has 0 radical (unpaired) electrons. The second-order valence-corrected chi connectivity index (χ2v) is 3.83. The topological polar surface area (TPSA) is 87.7 Å². The largest absolute Gasteiger partial charge is 0.467 e. The lowest BCUT2D eigenvalue weighted by molar-refractivity contribution is -0.150. The zero-order valence-corrected chi connectivity index (χ0v) is 9.36. The summed E-state index contributed by atoms with van der Waals surface area (Å²) < 4.78 is 4.34. The summed E-state index contributed by atoms with van der Waals surface area (Å²) in [7, 11) is 1.19. The number of aliphatic hydroxyl groups is 1. The molecule has 0 aromatic heterocycles. The number of esters is 1. The molecule has 1 amide bonds. The first-order valence-corrected chi connectivity index (χ1v) is 5.39. The van der Waals surface area contributed by atoms with Crippen LogP contribution in [0.15, 0.2) is 0 Å². The van der Waals surface area contributed by atoms with Crippen molar-refractivity contribution < 1.29 is 19.4 Å². The van der Waals surface area contributed by atoms with Gasteiger partial charge in [-0.25, -0.2) is 4.79 Å². The predicted molar refractivity (Wildman–Crippen MR) is 56.6 cm³/mol. The Hall–Kier alpha value is -1.14. The molecule has 0 saturated carbocycles. The van der Waals surface area contributed by atoms with Crippen LogP contribution in [0.1, 0.15) is 12.8 Å². The summed E-state index contributed by atoms with van der Waals surface area (Å²) in [6, 6.07) is 0. The average molecular weight is 230 g/mol. The Bertz CT molecular complexity index is 251. The zero-order chi connectivity index (χ0) is 12.0. The quantitative estimate of drug-likeness (QED) is 0.519. The summed E-state index contributed by atoms with van der Waals surface area (Å²) in [5.41, 5.74) is 0. The minimum atomic E-state index is -1.29. The van der Waals surface area contributed by atoms with Crippen molar-refractivity contribution in [3.63, 3.8) is 0 Å². The van der Waals surface area contributed by atoms with Gasteiger partial charge in [-0.15, -0.1) is 0 Å². The molecule has 3 N–H and O–H groups in total. The Morgan fingerprint density at radius 3 is 2.94 bits per heavy atom. The SMILES string of the molecule is COC(=O)C(O)CNC(=O)[C@@H]1CCCNC1. The molecule has 6 heteroatoms. The summed E-state index contributed by atoms with van der Waals surface area (Å²) in [6.07, 6.45) is 0.524. The number of hydrogen-bond acceptors (Lipinski definition) is 5. The first-order chi connectivity index (χ1) is 7.65. The molecule has 0 aromatic carbocycles. The first kappa shape index (κ1) is 12.9. The molecule has 2 atom stereocenters. The third kappa shape index (κ3) is 3.79. The molecule has 1 rings (SSSR count). The molecular weight excluding hydrogens is 212 g/mol. The summed E-state index contributed by atoms with van der Waals surface area (Å²) in [4.78, 5) is 22.5. The number of carbonyl (C=O) groups excluding carboxylic acids is 2. The number of rotatable bonds is 4. The maximum absolute atomic E-state index is 11.6. The highest BCUT2D eigenvalue weighted by molar-refractivity contribution is 5.80. The van der Waals surface area contributed by atoms with Crippen molar-refractivity contribution in [2.45, 2.75) is 18.9 Å². The van der Waals surface area contributed by atoms with Crippen molar-refractivity contribution >= 4 is 11.9 Å². The van der Waals surface area contributed by atoms with E-state index in [1.54, 1.807) is 0 Å². The van der Waals surface area contributed by atoms with E-state index >= 15 is 0 Å². The molecule has 1 heterocycles. The number of piperidine rings is 1. The van der Waals surface area contributed by atoms with Crippen molar-refractivity contribution in [1.82, 2.24) is 10.6 Å². The molecule has 92 valence electrons. The first-order valence-electron chi connectivity index (χ1n) is 5.39.